The Hall–Kier alpha value is 2.47. The van der Waals surface area contributed by atoms with Crippen LogP contribution in [0.15, 0.2) is 0 Å². The van der Waals surface area contributed by atoms with Crippen LogP contribution in [0.25, 0.3) is 0 Å². The predicted molar refractivity (Wildman–Crippen MR) is 23.6 cm³/mol. The van der Waals surface area contributed by atoms with E-state index in [0.717, 1.165) is 0 Å². The molecule has 0 amide bonds. The molecule has 0 radical (unpaired) electrons. The molecular formula is H7CaKO4Si. The van der Waals surface area contributed by atoms with E-state index in [4.69, 9.17) is 14.1 Å². The van der Waals surface area contributed by atoms with Crippen LogP contribution in [0.1, 0.15) is 4.28 Å². The zero-order chi connectivity index (χ0) is 3.58. The van der Waals surface area contributed by atoms with Gasteiger partial charge in [0.05, 0.1) is 0 Å². The first kappa shape index (κ1) is 22.7. The minimum Gasteiger partial charge on any atom is -1.00 e. The third kappa shape index (κ3) is 58.1. The molecule has 0 heterocycles. The number of hydrogen-bond donors (Lipinski definition) is 2. The van der Waals surface area contributed by atoms with Crippen molar-refractivity contribution in [1.82, 2.24) is 0 Å². The van der Waals surface area contributed by atoms with Crippen molar-refractivity contribution in [3.8, 4) is 0 Å². The van der Waals surface area contributed by atoms with Gasteiger partial charge >= 0.3 is 98.3 Å². The minimum atomic E-state index is -3.13. The summed E-state index contributed by atoms with van der Waals surface area (Å²) >= 11 is 0. The molecule has 4 nitrogen and oxygen atoms in total. The van der Waals surface area contributed by atoms with Crippen molar-refractivity contribution in [2.75, 3.05) is 0 Å². The summed E-state index contributed by atoms with van der Waals surface area (Å²) in [6.45, 7) is 0. The van der Waals surface area contributed by atoms with E-state index in [-0.39, 0.29) is 98.9 Å². The number of hydrogen-bond acceptors (Lipinski definition) is 1. The second kappa shape index (κ2) is 15.8. The average Bonchev–Trinajstić information content (AvgIpc) is 0.811. The molecule has 0 aromatic rings. The Morgan fingerprint density at radius 2 is 1.43 bits per heavy atom. The van der Waals surface area contributed by atoms with Crippen molar-refractivity contribution >= 4 is 46.9 Å². The fourth-order valence-corrected chi connectivity index (χ4v) is 0. The van der Waals surface area contributed by atoms with Crippen LogP contribution in [0.2, 0.25) is 0 Å². The zero-order valence-corrected chi connectivity index (χ0v) is 10.3. The first-order valence-corrected chi connectivity index (χ1v) is 1.95. The van der Waals surface area contributed by atoms with Crippen LogP contribution < -0.4 is 51.4 Å². The number of rotatable bonds is 0. The van der Waals surface area contributed by atoms with Gasteiger partial charge in [0.2, 0.25) is 0 Å². The van der Waals surface area contributed by atoms with Crippen molar-refractivity contribution in [1.29, 1.82) is 0 Å². The fourth-order valence-electron chi connectivity index (χ4n) is 0. The quantitative estimate of drug-likeness (QED) is 0.363. The van der Waals surface area contributed by atoms with Crippen LogP contribution in [-0.2, 0) is 4.46 Å². The summed E-state index contributed by atoms with van der Waals surface area (Å²) in [6, 6.07) is 0. The molecule has 0 unspecified atom stereocenters. The maximum absolute atomic E-state index is 8.74. The van der Waals surface area contributed by atoms with Crippen molar-refractivity contribution < 1.29 is 75.2 Å². The van der Waals surface area contributed by atoms with E-state index in [1.807, 2.05) is 0 Å². The predicted octanol–water partition coefficient (Wildman–Crippen LogP) is -5.48. The molecule has 0 aliphatic carbocycles. The Bertz CT molecular complexity index is 43.5. The van der Waals surface area contributed by atoms with Crippen LogP contribution in [0.4, 0.5) is 0 Å². The van der Waals surface area contributed by atoms with Crippen molar-refractivity contribution in [2.45, 2.75) is 0 Å². The van der Waals surface area contributed by atoms with E-state index in [1.54, 1.807) is 0 Å². The van der Waals surface area contributed by atoms with Gasteiger partial charge in [-0.2, -0.15) is 0 Å². The normalized spacial score (nSPS) is 3.43. The summed E-state index contributed by atoms with van der Waals surface area (Å²) in [6.07, 6.45) is 0. The Morgan fingerprint density at radius 1 is 1.43 bits per heavy atom. The third-order valence-electron chi connectivity index (χ3n) is 0. The van der Waals surface area contributed by atoms with Gasteiger partial charge in [0.1, 0.15) is 0 Å². The largest absolute Gasteiger partial charge is 2.00 e. The van der Waals surface area contributed by atoms with Crippen LogP contribution in [0.5, 0.6) is 0 Å². The van der Waals surface area contributed by atoms with E-state index in [1.165, 1.54) is 0 Å². The van der Waals surface area contributed by atoms with Crippen molar-refractivity contribution in [2.24, 2.45) is 0 Å². The fraction of sp³-hybridized carbons (Fsp3) is 0. The molecule has 0 saturated heterocycles. The van der Waals surface area contributed by atoms with E-state index in [2.05, 4.69) is 0 Å². The van der Waals surface area contributed by atoms with Gasteiger partial charge in [-0.25, -0.2) is 0 Å². The topological polar surface area (TPSA) is 89.0 Å². The first-order chi connectivity index (χ1) is 1.73. The van der Waals surface area contributed by atoms with E-state index >= 15 is 0 Å². The second-order valence-corrected chi connectivity index (χ2v) is 0.848. The molecule has 0 spiro atoms. The van der Waals surface area contributed by atoms with Gasteiger partial charge in [0.15, 0.2) is 0 Å². The molecule has 0 aromatic carbocycles. The molecule has 0 aliphatic heterocycles. The molecule has 0 fully saturated rings. The van der Waals surface area contributed by atoms with Gasteiger partial charge in [0, 0.05) is 0 Å². The molecule has 4 N–H and O–H groups in total. The van der Waals surface area contributed by atoms with Crippen LogP contribution in [0, 0.1) is 0 Å². The summed E-state index contributed by atoms with van der Waals surface area (Å²) in [5.41, 5.74) is 0. The first-order valence-electron chi connectivity index (χ1n) is 0.651. The van der Waals surface area contributed by atoms with Gasteiger partial charge in [-0.3, -0.25) is 4.46 Å². The molecule has 0 saturated carbocycles. The molecule has 0 atom stereocenters. The van der Waals surface area contributed by atoms with Gasteiger partial charge in [-0.1, -0.05) is 0 Å². The Kier molecular flexibility index (Phi) is 51.2. The van der Waals surface area contributed by atoms with Crippen LogP contribution >= 0.6 is 0 Å². The zero-order valence-electron chi connectivity index (χ0n) is 7.01. The monoisotopic (exact) mass is 178 g/mol. The molecule has 38 valence electrons. The molecule has 0 aromatic heterocycles. The van der Waals surface area contributed by atoms with Gasteiger partial charge in [-0.05, 0) is 0 Å². The summed E-state index contributed by atoms with van der Waals surface area (Å²) in [5.74, 6) is 0. The van der Waals surface area contributed by atoms with Gasteiger partial charge < -0.3 is 19.3 Å². The molecule has 0 rings (SSSR count). The summed E-state index contributed by atoms with van der Waals surface area (Å²) in [7, 11) is -3.13. The molecule has 0 aliphatic rings. The SMILES string of the molecule is O.O=[Si](O)O.[Ca+2].[H-].[H-].[H-].[K+]. The van der Waals surface area contributed by atoms with Crippen molar-refractivity contribution in [3.05, 3.63) is 0 Å². The Morgan fingerprint density at radius 3 is 1.43 bits per heavy atom. The smallest absolute Gasteiger partial charge is 1.00 e. The van der Waals surface area contributed by atoms with Gasteiger partial charge in [-0.15, -0.1) is 0 Å². The van der Waals surface area contributed by atoms with Crippen molar-refractivity contribution in [3.63, 3.8) is 0 Å². The Balaban J connectivity index is -0.00000000300. The van der Waals surface area contributed by atoms with Crippen LogP contribution in [0.3, 0.4) is 0 Å². The Labute approximate surface area is 119 Å². The molecule has 7 heteroatoms. The molecule has 0 bridgehead atoms. The van der Waals surface area contributed by atoms with E-state index in [0.29, 0.717) is 0 Å². The van der Waals surface area contributed by atoms with E-state index in [9.17, 15) is 0 Å². The van der Waals surface area contributed by atoms with Gasteiger partial charge in [0.25, 0.3) is 0 Å². The minimum absolute atomic E-state index is 0. The maximum atomic E-state index is 8.74. The molecule has 7 heavy (non-hydrogen) atoms. The summed E-state index contributed by atoms with van der Waals surface area (Å²) < 4.78 is 8.74. The van der Waals surface area contributed by atoms with Crippen LogP contribution in [-0.4, -0.2) is 62.0 Å². The standard InChI is InChI=1S/Ca.K.H2O3Si.H2O.3H/c;;1-4(2)3;;;;/h;;1-2H;1H2;;;/q+2;+1;;;3*-1. The maximum Gasteiger partial charge on any atom is 2.00 e. The van der Waals surface area contributed by atoms with E-state index < -0.39 is 9.17 Å². The second-order valence-electron chi connectivity index (χ2n) is 0.283. The summed E-state index contributed by atoms with van der Waals surface area (Å²) in [5, 5.41) is 0. The third-order valence-corrected chi connectivity index (χ3v) is 0. The summed E-state index contributed by atoms with van der Waals surface area (Å²) in [4.78, 5) is 14.3. The average molecular weight is 178 g/mol. The molecular weight excluding hydrogens is 171 g/mol.